The number of nitrogens with zero attached hydrogens (tertiary/aromatic N) is 1. The molecule has 0 unspecified atom stereocenters. The van der Waals surface area contributed by atoms with Gasteiger partial charge in [0.05, 0.1) is 0 Å². The SMILES string of the molecule is Cc1cc(NC(=O)[C@@H](C)Oc2ccc(C(C)(C)C)cc2)no1. The topological polar surface area (TPSA) is 64.4 Å². The van der Waals surface area contributed by atoms with Gasteiger partial charge in [-0.2, -0.15) is 0 Å². The van der Waals surface area contributed by atoms with Crippen molar-refractivity contribution >= 4 is 11.7 Å². The predicted molar refractivity (Wildman–Crippen MR) is 85.1 cm³/mol. The van der Waals surface area contributed by atoms with Gasteiger partial charge in [0, 0.05) is 6.07 Å². The van der Waals surface area contributed by atoms with Gasteiger partial charge < -0.3 is 14.6 Å². The van der Waals surface area contributed by atoms with Crippen LogP contribution in [0.4, 0.5) is 5.82 Å². The molecule has 0 bridgehead atoms. The Bertz CT molecular complexity index is 639. The van der Waals surface area contributed by atoms with Crippen LogP contribution >= 0.6 is 0 Å². The second-order valence-electron chi connectivity index (χ2n) is 6.35. The highest BCUT2D eigenvalue weighted by Gasteiger charge is 2.17. The minimum absolute atomic E-state index is 0.0896. The van der Waals surface area contributed by atoms with Gasteiger partial charge in [-0.3, -0.25) is 4.79 Å². The quantitative estimate of drug-likeness (QED) is 0.935. The van der Waals surface area contributed by atoms with E-state index in [2.05, 4.69) is 31.2 Å². The third-order valence-electron chi connectivity index (χ3n) is 3.28. The highest BCUT2D eigenvalue weighted by atomic mass is 16.5. The van der Waals surface area contributed by atoms with Gasteiger partial charge in [0.25, 0.3) is 5.91 Å². The monoisotopic (exact) mass is 302 g/mol. The van der Waals surface area contributed by atoms with Crippen molar-refractivity contribution in [1.29, 1.82) is 0 Å². The zero-order valence-electron chi connectivity index (χ0n) is 13.6. The van der Waals surface area contributed by atoms with Gasteiger partial charge in [0.2, 0.25) is 0 Å². The molecule has 1 amide bonds. The molecular weight excluding hydrogens is 280 g/mol. The van der Waals surface area contributed by atoms with Crippen molar-refractivity contribution in [2.75, 3.05) is 5.32 Å². The maximum Gasteiger partial charge on any atom is 0.266 e. The number of hydrogen-bond acceptors (Lipinski definition) is 4. The molecule has 0 saturated heterocycles. The third kappa shape index (κ3) is 4.10. The minimum atomic E-state index is -0.627. The summed E-state index contributed by atoms with van der Waals surface area (Å²) < 4.78 is 10.6. The smallest absolute Gasteiger partial charge is 0.266 e. The van der Waals surface area contributed by atoms with Crippen molar-refractivity contribution in [2.45, 2.75) is 46.1 Å². The van der Waals surface area contributed by atoms with Crippen molar-refractivity contribution < 1.29 is 14.1 Å². The number of aryl methyl sites for hydroxylation is 1. The Morgan fingerprint density at radius 2 is 1.91 bits per heavy atom. The molecule has 5 nitrogen and oxygen atoms in total. The zero-order valence-corrected chi connectivity index (χ0v) is 13.6. The average Bonchev–Trinajstić information content (AvgIpc) is 2.83. The fourth-order valence-corrected chi connectivity index (χ4v) is 1.94. The third-order valence-corrected chi connectivity index (χ3v) is 3.28. The molecule has 1 aromatic carbocycles. The molecule has 1 aromatic heterocycles. The number of hydrogen-bond donors (Lipinski definition) is 1. The Hall–Kier alpha value is -2.30. The molecule has 0 fully saturated rings. The summed E-state index contributed by atoms with van der Waals surface area (Å²) in [7, 11) is 0. The zero-order chi connectivity index (χ0) is 16.3. The van der Waals surface area contributed by atoms with Crippen LogP contribution in [0.5, 0.6) is 5.75 Å². The largest absolute Gasteiger partial charge is 0.481 e. The number of carbonyl (C=O) groups is 1. The standard InChI is InChI=1S/C17H22N2O3/c1-11-10-15(19-22-11)18-16(20)12(2)21-14-8-6-13(7-9-14)17(3,4)5/h6-10,12H,1-5H3,(H,18,19,20)/t12-/m1/s1. The van der Waals surface area contributed by atoms with Gasteiger partial charge in [-0.15, -0.1) is 0 Å². The van der Waals surface area contributed by atoms with E-state index in [0.717, 1.165) is 0 Å². The van der Waals surface area contributed by atoms with Gasteiger partial charge in [-0.25, -0.2) is 0 Å². The molecule has 22 heavy (non-hydrogen) atoms. The number of carbonyl (C=O) groups excluding carboxylic acids is 1. The van der Waals surface area contributed by atoms with Gasteiger partial charge in [-0.1, -0.05) is 38.1 Å². The van der Waals surface area contributed by atoms with Crippen LogP contribution in [0.2, 0.25) is 0 Å². The Labute approximate surface area is 130 Å². The summed E-state index contributed by atoms with van der Waals surface area (Å²) in [5.74, 6) is 1.42. The van der Waals surface area contributed by atoms with Crippen LogP contribution in [-0.2, 0) is 10.2 Å². The lowest BCUT2D eigenvalue weighted by Gasteiger charge is -2.20. The lowest BCUT2D eigenvalue weighted by molar-refractivity contribution is -0.122. The fraction of sp³-hybridized carbons (Fsp3) is 0.412. The number of nitrogens with one attached hydrogen (secondary N) is 1. The van der Waals surface area contributed by atoms with E-state index in [4.69, 9.17) is 9.26 Å². The molecule has 0 aliphatic carbocycles. The van der Waals surface area contributed by atoms with Crippen molar-refractivity contribution in [1.82, 2.24) is 5.16 Å². The van der Waals surface area contributed by atoms with Crippen LogP contribution in [0.25, 0.3) is 0 Å². The van der Waals surface area contributed by atoms with E-state index in [-0.39, 0.29) is 11.3 Å². The summed E-state index contributed by atoms with van der Waals surface area (Å²) in [5.41, 5.74) is 1.31. The van der Waals surface area contributed by atoms with Crippen LogP contribution in [0.1, 0.15) is 39.0 Å². The number of amides is 1. The van der Waals surface area contributed by atoms with Gasteiger partial charge in [0.1, 0.15) is 11.5 Å². The van der Waals surface area contributed by atoms with Gasteiger partial charge >= 0.3 is 0 Å². The van der Waals surface area contributed by atoms with E-state index in [1.54, 1.807) is 19.9 Å². The van der Waals surface area contributed by atoms with Crippen LogP contribution in [0, 0.1) is 6.92 Å². The first-order chi connectivity index (χ1) is 10.3. The Morgan fingerprint density at radius 1 is 1.27 bits per heavy atom. The maximum atomic E-state index is 12.0. The molecular formula is C17H22N2O3. The molecule has 0 aliphatic heterocycles. The van der Waals surface area contributed by atoms with E-state index < -0.39 is 6.10 Å². The molecule has 118 valence electrons. The van der Waals surface area contributed by atoms with E-state index in [9.17, 15) is 4.79 Å². The van der Waals surface area contributed by atoms with Gasteiger partial charge in [0.15, 0.2) is 11.9 Å². The molecule has 5 heteroatoms. The highest BCUT2D eigenvalue weighted by Crippen LogP contribution is 2.24. The molecule has 0 aliphatic rings. The van der Waals surface area contributed by atoms with E-state index in [1.165, 1.54) is 5.56 Å². The van der Waals surface area contributed by atoms with Crippen LogP contribution in [0.15, 0.2) is 34.9 Å². The second-order valence-corrected chi connectivity index (χ2v) is 6.35. The van der Waals surface area contributed by atoms with Crippen LogP contribution < -0.4 is 10.1 Å². The Morgan fingerprint density at radius 3 is 2.41 bits per heavy atom. The van der Waals surface area contributed by atoms with Gasteiger partial charge in [-0.05, 0) is 37.0 Å². The Kier molecular flexibility index (Phi) is 4.54. The van der Waals surface area contributed by atoms with Crippen molar-refractivity contribution in [3.63, 3.8) is 0 Å². The van der Waals surface area contributed by atoms with Crippen LogP contribution in [-0.4, -0.2) is 17.2 Å². The average molecular weight is 302 g/mol. The molecule has 1 heterocycles. The Balaban J connectivity index is 1.96. The summed E-state index contributed by atoms with van der Waals surface area (Å²) in [4.78, 5) is 12.0. The lowest BCUT2D eigenvalue weighted by atomic mass is 9.87. The van der Waals surface area contributed by atoms with Crippen molar-refractivity contribution in [2.24, 2.45) is 0 Å². The molecule has 0 radical (unpaired) electrons. The number of aromatic nitrogens is 1. The molecule has 1 atom stereocenters. The second kappa shape index (κ2) is 6.22. The van der Waals surface area contributed by atoms with E-state index >= 15 is 0 Å². The predicted octanol–water partition coefficient (Wildman–Crippen LogP) is 3.69. The number of anilines is 1. The fourth-order valence-electron chi connectivity index (χ4n) is 1.94. The van der Waals surface area contributed by atoms with Crippen molar-refractivity contribution in [3.05, 3.63) is 41.7 Å². The summed E-state index contributed by atoms with van der Waals surface area (Å²) >= 11 is 0. The van der Waals surface area contributed by atoms with E-state index in [0.29, 0.717) is 17.3 Å². The maximum absolute atomic E-state index is 12.0. The van der Waals surface area contributed by atoms with E-state index in [1.807, 2.05) is 24.3 Å². The first-order valence-corrected chi connectivity index (χ1v) is 7.27. The molecule has 1 N–H and O–H groups in total. The molecule has 2 aromatic rings. The normalized spacial score (nSPS) is 12.8. The number of ether oxygens (including phenoxy) is 1. The first-order valence-electron chi connectivity index (χ1n) is 7.27. The lowest BCUT2D eigenvalue weighted by Crippen LogP contribution is -2.30. The number of rotatable bonds is 4. The molecule has 0 saturated carbocycles. The molecule has 0 spiro atoms. The highest BCUT2D eigenvalue weighted by molar-refractivity contribution is 5.93. The first kappa shape index (κ1) is 16.1. The summed E-state index contributed by atoms with van der Waals surface area (Å²) in [6, 6.07) is 9.44. The summed E-state index contributed by atoms with van der Waals surface area (Å²) in [6.45, 7) is 9.91. The summed E-state index contributed by atoms with van der Waals surface area (Å²) in [5, 5.41) is 6.37. The minimum Gasteiger partial charge on any atom is -0.481 e. The summed E-state index contributed by atoms with van der Waals surface area (Å²) in [6.07, 6.45) is -0.627. The van der Waals surface area contributed by atoms with Crippen molar-refractivity contribution in [3.8, 4) is 5.75 Å². The van der Waals surface area contributed by atoms with Crippen LogP contribution in [0.3, 0.4) is 0 Å². The molecule has 2 rings (SSSR count). The number of benzene rings is 1.